The summed E-state index contributed by atoms with van der Waals surface area (Å²) >= 11 is 0. The maximum atomic E-state index is 12.2. The van der Waals surface area contributed by atoms with Crippen LogP contribution in [0.4, 0.5) is 0 Å². The number of hydrogen-bond acceptors (Lipinski definition) is 3. The molecule has 2 saturated heterocycles. The Morgan fingerprint density at radius 2 is 1.88 bits per heavy atom. The maximum absolute atomic E-state index is 12.2. The van der Waals surface area contributed by atoms with Gasteiger partial charge >= 0.3 is 0 Å². The van der Waals surface area contributed by atoms with Crippen LogP contribution in [0.1, 0.15) is 54.4 Å². The van der Waals surface area contributed by atoms with Crippen LogP contribution in [0.3, 0.4) is 0 Å². The third-order valence-corrected chi connectivity index (χ3v) is 5.84. The predicted molar refractivity (Wildman–Crippen MR) is 99.6 cm³/mol. The minimum atomic E-state index is 0.00325. The topological polar surface area (TPSA) is 41.6 Å². The molecule has 0 aromatic heterocycles. The Morgan fingerprint density at radius 3 is 2.48 bits per heavy atom. The van der Waals surface area contributed by atoms with Crippen LogP contribution in [0.25, 0.3) is 6.08 Å². The molecule has 2 heterocycles. The van der Waals surface area contributed by atoms with Crippen molar-refractivity contribution in [2.45, 2.75) is 50.6 Å². The summed E-state index contributed by atoms with van der Waals surface area (Å²) in [6.07, 6.45) is 9.79. The van der Waals surface area contributed by atoms with Gasteiger partial charge in [0, 0.05) is 31.3 Å². The Kier molecular flexibility index (Phi) is 5.18. The number of nitrogens with one attached hydrogen (secondary N) is 1. The van der Waals surface area contributed by atoms with Gasteiger partial charge in [-0.3, -0.25) is 9.69 Å². The molecule has 1 amide bonds. The molecule has 1 saturated carbocycles. The van der Waals surface area contributed by atoms with E-state index in [9.17, 15) is 4.79 Å². The molecule has 1 aromatic rings. The van der Waals surface area contributed by atoms with Crippen LogP contribution in [0.5, 0.6) is 0 Å². The normalized spacial score (nSPS) is 24.8. The molecule has 3 aliphatic rings. The van der Waals surface area contributed by atoms with Crippen molar-refractivity contribution in [1.29, 1.82) is 0 Å². The minimum Gasteiger partial charge on any atom is -0.379 e. The highest BCUT2D eigenvalue weighted by Crippen LogP contribution is 2.29. The Labute approximate surface area is 150 Å². The first-order valence-corrected chi connectivity index (χ1v) is 9.70. The highest BCUT2D eigenvalue weighted by atomic mass is 16.5. The molecule has 1 N–H and O–H groups in total. The van der Waals surface area contributed by atoms with E-state index >= 15 is 0 Å². The van der Waals surface area contributed by atoms with E-state index in [0.29, 0.717) is 6.61 Å². The van der Waals surface area contributed by atoms with E-state index in [-0.39, 0.29) is 11.9 Å². The third-order valence-electron chi connectivity index (χ3n) is 5.84. The van der Waals surface area contributed by atoms with Crippen LogP contribution in [-0.4, -0.2) is 49.2 Å². The summed E-state index contributed by atoms with van der Waals surface area (Å²) in [7, 11) is 0. The molecule has 134 valence electrons. The number of carbonyl (C=O) groups excluding carboxylic acids is 1. The summed E-state index contributed by atoms with van der Waals surface area (Å²) < 4.78 is 5.30. The zero-order valence-corrected chi connectivity index (χ0v) is 14.9. The van der Waals surface area contributed by atoms with Gasteiger partial charge in [-0.2, -0.15) is 0 Å². The largest absolute Gasteiger partial charge is 0.379 e. The fraction of sp³-hybridized carbons (Fsp3) is 0.571. The van der Waals surface area contributed by atoms with Crippen LogP contribution in [-0.2, 0) is 4.74 Å². The number of ether oxygens (including phenoxy) is 1. The van der Waals surface area contributed by atoms with Crippen LogP contribution in [0.15, 0.2) is 29.8 Å². The minimum absolute atomic E-state index is 0.00325. The van der Waals surface area contributed by atoms with Gasteiger partial charge in [0.1, 0.15) is 0 Å². The summed E-state index contributed by atoms with van der Waals surface area (Å²) in [4.78, 5) is 14.9. The van der Waals surface area contributed by atoms with Gasteiger partial charge in [-0.05, 0) is 49.8 Å². The Morgan fingerprint density at radius 1 is 1.12 bits per heavy atom. The van der Waals surface area contributed by atoms with E-state index < -0.39 is 0 Å². The number of likely N-dealkylation sites (tertiary alicyclic amines) is 1. The van der Waals surface area contributed by atoms with Crippen molar-refractivity contribution in [3.8, 4) is 0 Å². The van der Waals surface area contributed by atoms with E-state index in [1.165, 1.54) is 56.3 Å². The first-order valence-electron chi connectivity index (χ1n) is 9.70. The number of hydrogen-bond donors (Lipinski definition) is 1. The number of amides is 1. The molecule has 4 nitrogen and oxygen atoms in total. The van der Waals surface area contributed by atoms with E-state index in [4.69, 9.17) is 4.74 Å². The van der Waals surface area contributed by atoms with Gasteiger partial charge in [-0.1, -0.05) is 30.2 Å². The standard InChI is InChI=1S/C21H28N2O2/c24-21(22-19-10-13-25-15-19)18-6-4-16(5-7-18)14-17-8-11-23(12-9-17)20-2-1-3-20/h4-7,14,19-20H,1-3,8-13,15H2,(H,22,24). The van der Waals surface area contributed by atoms with Crippen molar-refractivity contribution in [2.75, 3.05) is 26.3 Å². The molecule has 3 fully saturated rings. The Hall–Kier alpha value is -1.65. The second-order valence-corrected chi connectivity index (χ2v) is 7.58. The van der Waals surface area contributed by atoms with Gasteiger partial charge < -0.3 is 10.1 Å². The molecular formula is C21H28N2O2. The number of carbonyl (C=O) groups is 1. The van der Waals surface area contributed by atoms with E-state index in [1.54, 1.807) is 0 Å². The zero-order chi connectivity index (χ0) is 17.1. The predicted octanol–water partition coefficient (Wildman–Crippen LogP) is 3.24. The van der Waals surface area contributed by atoms with E-state index in [1.807, 2.05) is 12.1 Å². The summed E-state index contributed by atoms with van der Waals surface area (Å²) in [5.41, 5.74) is 3.47. The van der Waals surface area contributed by atoms with Crippen molar-refractivity contribution in [3.63, 3.8) is 0 Å². The van der Waals surface area contributed by atoms with Crippen molar-refractivity contribution >= 4 is 12.0 Å². The quantitative estimate of drug-likeness (QED) is 0.915. The van der Waals surface area contributed by atoms with Gasteiger partial charge in [0.25, 0.3) is 5.91 Å². The van der Waals surface area contributed by atoms with E-state index in [2.05, 4.69) is 28.4 Å². The molecule has 4 heteroatoms. The summed E-state index contributed by atoms with van der Waals surface area (Å²) in [5.74, 6) is 0.00325. The molecule has 1 unspecified atom stereocenters. The molecule has 4 rings (SSSR count). The lowest BCUT2D eigenvalue weighted by Gasteiger charge is -2.40. The molecule has 0 spiro atoms. The van der Waals surface area contributed by atoms with Gasteiger partial charge in [0.15, 0.2) is 0 Å². The fourth-order valence-corrected chi connectivity index (χ4v) is 3.96. The van der Waals surface area contributed by atoms with Crippen LogP contribution >= 0.6 is 0 Å². The molecule has 1 aromatic carbocycles. The second-order valence-electron chi connectivity index (χ2n) is 7.58. The molecule has 0 bridgehead atoms. The smallest absolute Gasteiger partial charge is 0.251 e. The number of rotatable bonds is 4. The van der Waals surface area contributed by atoms with Gasteiger partial charge in [-0.25, -0.2) is 0 Å². The molecule has 1 aliphatic carbocycles. The Bertz CT molecular complexity index is 618. The van der Waals surface area contributed by atoms with Gasteiger partial charge in [-0.15, -0.1) is 0 Å². The lowest BCUT2D eigenvalue weighted by molar-refractivity contribution is 0.0930. The molecule has 1 atom stereocenters. The SMILES string of the molecule is O=C(NC1CCOC1)c1ccc(C=C2CCN(C3CCC3)CC2)cc1. The summed E-state index contributed by atoms with van der Waals surface area (Å²) in [6, 6.07) is 9.01. The van der Waals surface area contributed by atoms with Gasteiger partial charge in [0.05, 0.1) is 12.6 Å². The van der Waals surface area contributed by atoms with Gasteiger partial charge in [0.2, 0.25) is 0 Å². The monoisotopic (exact) mass is 340 g/mol. The number of piperidine rings is 1. The van der Waals surface area contributed by atoms with Crippen LogP contribution in [0.2, 0.25) is 0 Å². The van der Waals surface area contributed by atoms with Crippen LogP contribution in [0, 0.1) is 0 Å². The summed E-state index contributed by atoms with van der Waals surface area (Å²) in [6.45, 7) is 3.80. The first-order chi connectivity index (χ1) is 12.3. The highest BCUT2D eigenvalue weighted by molar-refractivity contribution is 5.94. The average Bonchev–Trinajstić information content (AvgIpc) is 3.09. The molecule has 0 radical (unpaired) electrons. The Balaban J connectivity index is 1.31. The lowest BCUT2D eigenvalue weighted by Crippen LogP contribution is -2.43. The summed E-state index contributed by atoms with van der Waals surface area (Å²) in [5, 5.41) is 3.04. The fourth-order valence-electron chi connectivity index (χ4n) is 3.96. The number of benzene rings is 1. The van der Waals surface area contributed by atoms with E-state index in [0.717, 1.165) is 24.6 Å². The lowest BCUT2D eigenvalue weighted by atomic mass is 9.89. The van der Waals surface area contributed by atoms with Crippen molar-refractivity contribution in [3.05, 3.63) is 41.0 Å². The van der Waals surface area contributed by atoms with Crippen LogP contribution < -0.4 is 5.32 Å². The van der Waals surface area contributed by atoms with Crippen molar-refractivity contribution in [2.24, 2.45) is 0 Å². The average molecular weight is 340 g/mol. The third kappa shape index (κ3) is 4.13. The molecule has 2 aliphatic heterocycles. The molecular weight excluding hydrogens is 312 g/mol. The highest BCUT2D eigenvalue weighted by Gasteiger charge is 2.26. The molecule has 25 heavy (non-hydrogen) atoms. The maximum Gasteiger partial charge on any atom is 0.251 e. The second kappa shape index (κ2) is 7.71. The zero-order valence-electron chi connectivity index (χ0n) is 14.9. The van der Waals surface area contributed by atoms with Crippen molar-refractivity contribution in [1.82, 2.24) is 10.2 Å². The van der Waals surface area contributed by atoms with Crippen molar-refractivity contribution < 1.29 is 9.53 Å². The number of nitrogens with zero attached hydrogens (tertiary/aromatic N) is 1. The first kappa shape index (κ1) is 16.8.